The van der Waals surface area contributed by atoms with Crippen molar-refractivity contribution < 1.29 is 22.7 Å². The van der Waals surface area contributed by atoms with Gasteiger partial charge >= 0.3 is 5.97 Å². The molecule has 0 fully saturated rings. The van der Waals surface area contributed by atoms with Crippen molar-refractivity contribution >= 4 is 66.7 Å². The number of hydrogen-bond acceptors (Lipinski definition) is 6. The first-order valence-electron chi connectivity index (χ1n) is 12.0. The molecular weight excluding hydrogens is 581 g/mol. The highest BCUT2D eigenvalue weighted by Crippen LogP contribution is 2.30. The number of rotatable bonds is 9. The standard InChI is InChI=1S/C27H25Cl2N3O5S2/c1-3-31(16-18-8-6-5-7-9-18)39(35,36)21-12-10-19(11-13-21)26(34)30-27-32(17-24(33)37-4-2)25-22(29)14-20(28)15-23(25)38-27/h5-15H,3-4,16-17H2,1-2H3. The lowest BCUT2D eigenvalue weighted by Gasteiger charge is -2.20. The van der Waals surface area contributed by atoms with Gasteiger partial charge in [0.1, 0.15) is 6.54 Å². The quantitative estimate of drug-likeness (QED) is 0.234. The van der Waals surface area contributed by atoms with Gasteiger partial charge in [0, 0.05) is 23.7 Å². The Hall–Kier alpha value is -3.02. The van der Waals surface area contributed by atoms with Crippen LogP contribution in [0.5, 0.6) is 0 Å². The topological polar surface area (TPSA) is 98.0 Å². The van der Waals surface area contributed by atoms with E-state index in [9.17, 15) is 18.0 Å². The molecule has 0 aliphatic heterocycles. The van der Waals surface area contributed by atoms with E-state index in [1.54, 1.807) is 26.0 Å². The van der Waals surface area contributed by atoms with Gasteiger partial charge in [0.15, 0.2) is 4.80 Å². The molecule has 0 aliphatic rings. The van der Waals surface area contributed by atoms with E-state index in [4.69, 9.17) is 27.9 Å². The third kappa shape index (κ3) is 6.59. The van der Waals surface area contributed by atoms with Gasteiger partial charge in [-0.1, -0.05) is 71.8 Å². The molecule has 12 heteroatoms. The van der Waals surface area contributed by atoms with Gasteiger partial charge in [-0.15, -0.1) is 0 Å². The minimum absolute atomic E-state index is 0.0671. The van der Waals surface area contributed by atoms with E-state index in [-0.39, 0.29) is 41.5 Å². The van der Waals surface area contributed by atoms with Crippen molar-refractivity contribution in [2.24, 2.45) is 4.99 Å². The lowest BCUT2D eigenvalue weighted by atomic mass is 10.2. The average Bonchev–Trinajstić information content (AvgIpc) is 3.24. The molecule has 0 saturated carbocycles. The Labute approximate surface area is 240 Å². The lowest BCUT2D eigenvalue weighted by molar-refractivity contribution is -0.143. The molecule has 0 spiro atoms. The Morgan fingerprint density at radius 2 is 1.72 bits per heavy atom. The van der Waals surface area contributed by atoms with Crippen LogP contribution in [0.25, 0.3) is 10.2 Å². The molecule has 0 unspecified atom stereocenters. The average molecular weight is 607 g/mol. The van der Waals surface area contributed by atoms with Crippen molar-refractivity contribution in [3.05, 3.63) is 92.7 Å². The summed E-state index contributed by atoms with van der Waals surface area (Å²) in [6.07, 6.45) is 0. The smallest absolute Gasteiger partial charge is 0.326 e. The summed E-state index contributed by atoms with van der Waals surface area (Å²) in [7, 11) is -3.79. The van der Waals surface area contributed by atoms with Crippen molar-refractivity contribution in [1.29, 1.82) is 0 Å². The Morgan fingerprint density at radius 1 is 1.03 bits per heavy atom. The van der Waals surface area contributed by atoms with E-state index in [1.165, 1.54) is 33.1 Å². The third-order valence-electron chi connectivity index (χ3n) is 5.78. The molecule has 0 bridgehead atoms. The van der Waals surface area contributed by atoms with Crippen LogP contribution in [0.4, 0.5) is 0 Å². The van der Waals surface area contributed by atoms with Crippen molar-refractivity contribution in [3.63, 3.8) is 0 Å². The summed E-state index contributed by atoms with van der Waals surface area (Å²) in [5.74, 6) is -1.12. The number of esters is 1. The highest BCUT2D eigenvalue weighted by atomic mass is 35.5. The van der Waals surface area contributed by atoms with Gasteiger partial charge in [-0.2, -0.15) is 9.30 Å². The van der Waals surface area contributed by atoms with Gasteiger partial charge in [-0.25, -0.2) is 8.42 Å². The van der Waals surface area contributed by atoms with Crippen LogP contribution in [0.15, 0.2) is 76.6 Å². The number of fused-ring (bicyclic) bond motifs is 1. The fourth-order valence-corrected chi connectivity index (χ4v) is 7.17. The van der Waals surface area contributed by atoms with Crippen LogP contribution in [0.2, 0.25) is 10.0 Å². The van der Waals surface area contributed by atoms with Gasteiger partial charge in [0.05, 0.1) is 26.7 Å². The fourth-order valence-electron chi connectivity index (χ4n) is 3.92. The number of carbonyl (C=O) groups is 2. The van der Waals surface area contributed by atoms with E-state index in [0.29, 0.717) is 20.3 Å². The number of amides is 1. The summed E-state index contributed by atoms with van der Waals surface area (Å²) in [4.78, 5) is 29.9. The summed E-state index contributed by atoms with van der Waals surface area (Å²) in [5.41, 5.74) is 1.56. The Bertz CT molecular complexity index is 1680. The Kier molecular flexibility index (Phi) is 9.24. The molecule has 0 saturated heterocycles. The number of benzene rings is 3. The molecule has 39 heavy (non-hydrogen) atoms. The number of ether oxygens (including phenoxy) is 1. The molecule has 0 aliphatic carbocycles. The maximum Gasteiger partial charge on any atom is 0.326 e. The minimum atomic E-state index is -3.79. The van der Waals surface area contributed by atoms with Crippen LogP contribution in [0.3, 0.4) is 0 Å². The highest BCUT2D eigenvalue weighted by molar-refractivity contribution is 7.89. The van der Waals surface area contributed by atoms with Gasteiger partial charge in [-0.05, 0) is 48.9 Å². The summed E-state index contributed by atoms with van der Waals surface area (Å²) in [6.45, 7) is 3.98. The number of sulfonamides is 1. The van der Waals surface area contributed by atoms with Crippen LogP contribution in [0.1, 0.15) is 29.8 Å². The SMILES string of the molecule is CCOC(=O)Cn1c(=NC(=O)c2ccc(S(=O)(=O)N(CC)Cc3ccccc3)cc2)sc2cc(Cl)cc(Cl)c21. The number of hydrogen-bond donors (Lipinski definition) is 0. The first-order chi connectivity index (χ1) is 18.6. The fraction of sp³-hybridized carbons (Fsp3) is 0.222. The molecule has 0 radical (unpaired) electrons. The lowest BCUT2D eigenvalue weighted by Crippen LogP contribution is -2.30. The molecule has 4 rings (SSSR count). The second-order valence-corrected chi connectivity index (χ2v) is 12.2. The zero-order valence-electron chi connectivity index (χ0n) is 21.1. The molecular formula is C27H25Cl2N3O5S2. The van der Waals surface area contributed by atoms with Gasteiger partial charge < -0.3 is 9.30 Å². The molecule has 0 N–H and O–H groups in total. The maximum atomic E-state index is 13.2. The predicted molar refractivity (Wildman–Crippen MR) is 153 cm³/mol. The van der Waals surface area contributed by atoms with Crippen LogP contribution in [-0.4, -0.2) is 42.3 Å². The van der Waals surface area contributed by atoms with Crippen molar-refractivity contribution in [2.45, 2.75) is 31.8 Å². The Morgan fingerprint density at radius 3 is 2.36 bits per heavy atom. The predicted octanol–water partition coefficient (Wildman–Crippen LogP) is 5.52. The molecule has 1 aromatic heterocycles. The first kappa shape index (κ1) is 29.0. The number of carbonyl (C=O) groups excluding carboxylic acids is 2. The van der Waals surface area contributed by atoms with Crippen LogP contribution in [0, 0.1) is 0 Å². The molecule has 1 amide bonds. The first-order valence-corrected chi connectivity index (χ1v) is 15.0. The summed E-state index contributed by atoms with van der Waals surface area (Å²) >= 11 is 13.7. The van der Waals surface area contributed by atoms with Crippen molar-refractivity contribution in [1.82, 2.24) is 8.87 Å². The van der Waals surface area contributed by atoms with Gasteiger partial charge in [0.2, 0.25) is 10.0 Å². The van der Waals surface area contributed by atoms with E-state index in [0.717, 1.165) is 16.9 Å². The van der Waals surface area contributed by atoms with E-state index >= 15 is 0 Å². The summed E-state index contributed by atoms with van der Waals surface area (Å²) in [6, 6.07) is 18.1. The van der Waals surface area contributed by atoms with E-state index in [1.807, 2.05) is 30.3 Å². The van der Waals surface area contributed by atoms with Gasteiger partial charge in [-0.3, -0.25) is 9.59 Å². The normalized spacial score (nSPS) is 12.3. The zero-order valence-corrected chi connectivity index (χ0v) is 24.3. The largest absolute Gasteiger partial charge is 0.465 e. The molecule has 204 valence electrons. The van der Waals surface area contributed by atoms with Gasteiger partial charge in [0.25, 0.3) is 5.91 Å². The zero-order chi connectivity index (χ0) is 28.2. The van der Waals surface area contributed by atoms with Crippen molar-refractivity contribution in [2.75, 3.05) is 13.2 Å². The highest BCUT2D eigenvalue weighted by Gasteiger charge is 2.24. The molecule has 3 aromatic carbocycles. The molecule has 8 nitrogen and oxygen atoms in total. The number of thiazole rings is 1. The van der Waals surface area contributed by atoms with Crippen LogP contribution in [-0.2, 0) is 32.6 Å². The molecule has 4 aromatic rings. The summed E-state index contributed by atoms with van der Waals surface area (Å²) < 4.78 is 35.1. The monoisotopic (exact) mass is 605 g/mol. The number of halogens is 2. The minimum Gasteiger partial charge on any atom is -0.465 e. The number of nitrogens with zero attached hydrogens (tertiary/aromatic N) is 3. The van der Waals surface area contributed by atoms with Crippen molar-refractivity contribution in [3.8, 4) is 0 Å². The van der Waals surface area contributed by atoms with E-state index < -0.39 is 21.9 Å². The number of aromatic nitrogens is 1. The second-order valence-electron chi connectivity index (χ2n) is 8.37. The second kappa shape index (κ2) is 12.4. The molecule has 0 atom stereocenters. The summed E-state index contributed by atoms with van der Waals surface area (Å²) in [5, 5.41) is 0.706. The molecule has 1 heterocycles. The van der Waals surface area contributed by atoms with Crippen LogP contribution >= 0.6 is 34.5 Å². The third-order valence-corrected chi connectivity index (χ3v) is 9.25. The van der Waals surface area contributed by atoms with Crippen LogP contribution < -0.4 is 4.80 Å². The van der Waals surface area contributed by atoms with E-state index in [2.05, 4.69) is 4.99 Å². The maximum absolute atomic E-state index is 13.2. The Balaban J connectivity index is 1.66.